The summed E-state index contributed by atoms with van der Waals surface area (Å²) in [5.74, 6) is 1.02. The van der Waals surface area contributed by atoms with E-state index in [0.29, 0.717) is 50.6 Å². The van der Waals surface area contributed by atoms with Gasteiger partial charge in [-0.15, -0.1) is 0 Å². The number of morpholine rings is 1. The van der Waals surface area contributed by atoms with Gasteiger partial charge in [-0.05, 0) is 55.7 Å². The molecule has 0 spiro atoms. The van der Waals surface area contributed by atoms with Gasteiger partial charge in [0.2, 0.25) is 0 Å². The van der Waals surface area contributed by atoms with Crippen LogP contribution in [-0.2, 0) is 9.53 Å². The molecule has 1 aliphatic rings. The van der Waals surface area contributed by atoms with E-state index in [1.807, 2.05) is 54.6 Å². The predicted molar refractivity (Wildman–Crippen MR) is 146 cm³/mol. The minimum atomic E-state index is -0.320. The molecule has 37 heavy (non-hydrogen) atoms. The summed E-state index contributed by atoms with van der Waals surface area (Å²) in [6.45, 7) is 3.15. The Morgan fingerprint density at radius 1 is 1.03 bits per heavy atom. The molecule has 9 heteroatoms. The van der Waals surface area contributed by atoms with Crippen LogP contribution in [0.3, 0.4) is 0 Å². The summed E-state index contributed by atoms with van der Waals surface area (Å²) in [5, 5.41) is 7.08. The number of halogens is 1. The van der Waals surface area contributed by atoms with E-state index in [9.17, 15) is 9.59 Å². The van der Waals surface area contributed by atoms with Gasteiger partial charge in [0, 0.05) is 35.2 Å². The highest BCUT2D eigenvalue weighted by molar-refractivity contribution is 9.10. The van der Waals surface area contributed by atoms with Crippen molar-refractivity contribution in [2.75, 3.05) is 32.8 Å². The predicted octanol–water partition coefficient (Wildman–Crippen LogP) is 4.46. The first-order valence-electron chi connectivity index (χ1n) is 12.4. The van der Waals surface area contributed by atoms with Gasteiger partial charge in [-0.3, -0.25) is 14.5 Å². The third-order valence-electron chi connectivity index (χ3n) is 6.12. The summed E-state index contributed by atoms with van der Waals surface area (Å²) in [5.41, 5.74) is 4.27. The summed E-state index contributed by atoms with van der Waals surface area (Å²) in [7, 11) is 0. The Bertz CT molecular complexity index is 1190. The Balaban J connectivity index is 1.27. The van der Waals surface area contributed by atoms with Crippen molar-refractivity contribution in [2.24, 2.45) is 5.10 Å². The highest BCUT2D eigenvalue weighted by Crippen LogP contribution is 2.24. The van der Waals surface area contributed by atoms with Crippen molar-refractivity contribution in [2.45, 2.75) is 25.3 Å². The number of ether oxygens (including phenoxy) is 1. The zero-order valence-electron chi connectivity index (χ0n) is 20.6. The van der Waals surface area contributed by atoms with E-state index >= 15 is 0 Å². The van der Waals surface area contributed by atoms with Gasteiger partial charge < -0.3 is 14.5 Å². The largest absolute Gasteiger partial charge is 0.455 e. The minimum absolute atomic E-state index is 0.0848. The lowest BCUT2D eigenvalue weighted by molar-refractivity contribution is -0.128. The number of nitrogens with zero attached hydrogens (tertiary/aromatic N) is 2. The van der Waals surface area contributed by atoms with E-state index in [4.69, 9.17) is 9.15 Å². The van der Waals surface area contributed by atoms with Crippen LogP contribution < -0.4 is 10.7 Å². The third kappa shape index (κ3) is 8.11. The Kier molecular flexibility index (Phi) is 10.0. The number of hydrogen-bond acceptors (Lipinski definition) is 6. The van der Waals surface area contributed by atoms with Gasteiger partial charge in [0.1, 0.15) is 11.5 Å². The number of carbonyl (C=O) groups is 2. The van der Waals surface area contributed by atoms with Crippen molar-refractivity contribution in [3.63, 3.8) is 0 Å². The molecule has 2 heterocycles. The van der Waals surface area contributed by atoms with E-state index in [2.05, 4.69) is 36.7 Å². The first-order valence-corrected chi connectivity index (χ1v) is 13.2. The molecule has 0 aliphatic carbocycles. The quantitative estimate of drug-likeness (QED) is 0.203. The Hall–Kier alpha value is -3.27. The molecule has 0 saturated carbocycles. The van der Waals surface area contributed by atoms with Crippen LogP contribution in [0.2, 0.25) is 0 Å². The molecule has 2 aromatic carbocycles. The first kappa shape index (κ1) is 26.8. The fourth-order valence-corrected chi connectivity index (χ4v) is 4.58. The van der Waals surface area contributed by atoms with Crippen molar-refractivity contribution < 1.29 is 18.7 Å². The number of furan rings is 1. The maximum Gasteiger partial charge on any atom is 0.257 e. The van der Waals surface area contributed by atoms with E-state index in [1.54, 1.807) is 12.1 Å². The lowest BCUT2D eigenvalue weighted by atomic mass is 10.1. The van der Waals surface area contributed by atoms with Crippen LogP contribution in [0, 0.1) is 0 Å². The topological polar surface area (TPSA) is 96.2 Å². The van der Waals surface area contributed by atoms with Crippen LogP contribution >= 0.6 is 15.9 Å². The number of unbranched alkanes of at least 4 members (excludes halogenated alkanes) is 1. The molecule has 1 fully saturated rings. The summed E-state index contributed by atoms with van der Waals surface area (Å²) >= 11 is 3.47. The number of carbonyl (C=O) groups excluding carboxylic acids is 2. The lowest BCUT2D eigenvalue weighted by Gasteiger charge is -2.33. The maximum atomic E-state index is 13.0. The van der Waals surface area contributed by atoms with E-state index in [0.717, 1.165) is 28.6 Å². The second-order valence-corrected chi connectivity index (χ2v) is 9.64. The van der Waals surface area contributed by atoms with Crippen LogP contribution in [0.1, 0.15) is 35.4 Å². The summed E-state index contributed by atoms with van der Waals surface area (Å²) in [6, 6.07) is 20.4. The number of rotatable bonds is 11. The molecule has 1 aliphatic heterocycles. The molecule has 0 radical (unpaired) electrons. The molecule has 1 aromatic heterocycles. The molecule has 2 amide bonds. The Morgan fingerprint density at radius 3 is 2.62 bits per heavy atom. The van der Waals surface area contributed by atoms with Crippen LogP contribution in [0.15, 0.2) is 80.7 Å². The van der Waals surface area contributed by atoms with Crippen LogP contribution in [-0.4, -0.2) is 61.8 Å². The zero-order chi connectivity index (χ0) is 25.9. The van der Waals surface area contributed by atoms with Crippen molar-refractivity contribution in [1.29, 1.82) is 0 Å². The van der Waals surface area contributed by atoms with Crippen molar-refractivity contribution >= 4 is 34.0 Å². The second-order valence-electron chi connectivity index (χ2n) is 8.73. The van der Waals surface area contributed by atoms with Crippen molar-refractivity contribution in [1.82, 2.24) is 15.6 Å². The van der Waals surface area contributed by atoms with Gasteiger partial charge in [0.15, 0.2) is 0 Å². The van der Waals surface area contributed by atoms with E-state index in [1.165, 1.54) is 6.21 Å². The first-order chi connectivity index (χ1) is 18.1. The van der Waals surface area contributed by atoms with Gasteiger partial charge in [-0.25, -0.2) is 5.43 Å². The number of hydrazone groups is 1. The molecule has 194 valence electrons. The Labute approximate surface area is 225 Å². The molecule has 0 bridgehead atoms. The molecule has 8 nitrogen and oxygen atoms in total. The molecule has 1 atom stereocenters. The number of amides is 2. The Morgan fingerprint density at radius 2 is 1.84 bits per heavy atom. The monoisotopic (exact) mass is 566 g/mol. The highest BCUT2D eigenvalue weighted by Gasteiger charge is 2.27. The number of nitrogens with one attached hydrogen (secondary N) is 2. The van der Waals surface area contributed by atoms with E-state index in [-0.39, 0.29) is 17.9 Å². The lowest BCUT2D eigenvalue weighted by Crippen LogP contribution is -2.50. The smallest absolute Gasteiger partial charge is 0.257 e. The number of benzene rings is 2. The van der Waals surface area contributed by atoms with Gasteiger partial charge in [0.25, 0.3) is 11.8 Å². The van der Waals surface area contributed by atoms with Gasteiger partial charge >= 0.3 is 0 Å². The van der Waals surface area contributed by atoms with E-state index < -0.39 is 0 Å². The fourth-order valence-electron chi connectivity index (χ4n) is 4.18. The molecule has 1 saturated heterocycles. The molecular formula is C28H31BrN4O4. The van der Waals surface area contributed by atoms with Crippen LogP contribution in [0.4, 0.5) is 0 Å². The summed E-state index contributed by atoms with van der Waals surface area (Å²) in [4.78, 5) is 27.4. The van der Waals surface area contributed by atoms with Crippen LogP contribution in [0.5, 0.6) is 0 Å². The summed E-state index contributed by atoms with van der Waals surface area (Å²) < 4.78 is 12.3. The molecule has 4 rings (SSSR count). The average Bonchev–Trinajstić information content (AvgIpc) is 3.40. The SMILES string of the molecule is O=C(NCCCCC(C(=O)N/N=C/c1ccc(-c2cccc(Br)c2)o1)N1CCOCC1)c1ccccc1. The standard InChI is InChI=1S/C28H31BrN4O4/c29-23-10-6-9-22(19-23)26-13-12-24(37-26)20-31-32-28(35)25(33-15-17-36-18-16-33)11-4-5-14-30-27(34)21-7-2-1-3-8-21/h1-3,6-10,12-13,19-20,25H,4-5,11,14-18H2,(H,30,34)(H,32,35)/b31-20+. The van der Waals surface area contributed by atoms with Crippen molar-refractivity contribution in [3.8, 4) is 11.3 Å². The van der Waals surface area contributed by atoms with Crippen molar-refractivity contribution in [3.05, 3.63) is 82.5 Å². The van der Waals surface area contributed by atoms with Gasteiger partial charge in [-0.1, -0.05) is 46.3 Å². The number of hydrogen-bond donors (Lipinski definition) is 2. The molecule has 2 N–H and O–H groups in total. The highest BCUT2D eigenvalue weighted by atomic mass is 79.9. The summed E-state index contributed by atoms with van der Waals surface area (Å²) in [6.07, 6.45) is 3.74. The van der Waals surface area contributed by atoms with Crippen LogP contribution in [0.25, 0.3) is 11.3 Å². The van der Waals surface area contributed by atoms with Gasteiger partial charge in [0.05, 0.1) is 25.5 Å². The third-order valence-corrected chi connectivity index (χ3v) is 6.61. The molecule has 3 aromatic rings. The zero-order valence-corrected chi connectivity index (χ0v) is 22.2. The second kappa shape index (κ2) is 13.9. The average molecular weight is 567 g/mol. The normalized spacial score (nSPS) is 14.9. The minimum Gasteiger partial charge on any atom is -0.455 e. The maximum absolute atomic E-state index is 13.0. The fraction of sp³-hybridized carbons (Fsp3) is 0.321. The van der Waals surface area contributed by atoms with Gasteiger partial charge in [-0.2, -0.15) is 5.10 Å². The molecule has 1 unspecified atom stereocenters. The molecular weight excluding hydrogens is 536 g/mol.